The van der Waals surface area contributed by atoms with Gasteiger partial charge in [0.2, 0.25) is 0 Å². The minimum absolute atomic E-state index is 0.0371. The van der Waals surface area contributed by atoms with E-state index in [9.17, 15) is 4.39 Å². The molecule has 0 aliphatic carbocycles. The van der Waals surface area contributed by atoms with Crippen LogP contribution in [0.15, 0.2) is 18.2 Å². The fourth-order valence-corrected chi connectivity index (χ4v) is 2.26. The van der Waals surface area contributed by atoms with Crippen molar-refractivity contribution in [1.29, 1.82) is 0 Å². The van der Waals surface area contributed by atoms with E-state index in [1.165, 1.54) is 7.11 Å². The van der Waals surface area contributed by atoms with E-state index in [4.69, 9.17) is 4.74 Å². The van der Waals surface area contributed by atoms with E-state index in [0.717, 1.165) is 12.3 Å². The third-order valence-corrected chi connectivity index (χ3v) is 3.04. The average molecular weight is 243 g/mol. The Labute approximate surface area is 101 Å². The molecule has 0 saturated heterocycles. The molecule has 1 N–H and O–H groups in total. The van der Waals surface area contributed by atoms with Crippen LogP contribution in [-0.2, 0) is 0 Å². The zero-order valence-electron chi connectivity index (χ0n) is 9.92. The minimum Gasteiger partial charge on any atom is -0.494 e. The molecule has 0 spiro atoms. The molecule has 0 radical (unpaired) electrons. The van der Waals surface area contributed by atoms with Crippen LogP contribution in [0, 0.1) is 5.82 Å². The van der Waals surface area contributed by atoms with Crippen LogP contribution in [0.4, 0.5) is 4.39 Å². The molecule has 0 aliphatic rings. The predicted octanol–water partition coefficient (Wildman–Crippen LogP) is 2.85. The molecule has 1 aromatic rings. The fourth-order valence-electron chi connectivity index (χ4n) is 1.63. The Balaban J connectivity index is 2.98. The molecular weight excluding hydrogens is 225 g/mol. The Morgan fingerprint density at radius 2 is 2.25 bits per heavy atom. The molecule has 0 heterocycles. The van der Waals surface area contributed by atoms with Crippen molar-refractivity contribution in [2.45, 2.75) is 13.0 Å². The molecule has 0 aromatic heterocycles. The minimum atomic E-state index is -0.259. The number of rotatable bonds is 6. The molecule has 1 unspecified atom stereocenters. The smallest absolute Gasteiger partial charge is 0.169 e. The van der Waals surface area contributed by atoms with Gasteiger partial charge in [-0.05, 0) is 18.9 Å². The molecule has 1 aromatic carbocycles. The van der Waals surface area contributed by atoms with Crippen molar-refractivity contribution in [1.82, 2.24) is 5.32 Å². The lowest BCUT2D eigenvalue weighted by molar-refractivity contribution is 0.381. The van der Waals surface area contributed by atoms with Crippen molar-refractivity contribution in [3.05, 3.63) is 29.6 Å². The lowest BCUT2D eigenvalue weighted by Gasteiger charge is -2.18. The van der Waals surface area contributed by atoms with Crippen LogP contribution >= 0.6 is 11.8 Å². The van der Waals surface area contributed by atoms with Crippen molar-refractivity contribution in [2.24, 2.45) is 0 Å². The maximum Gasteiger partial charge on any atom is 0.169 e. The maximum absolute atomic E-state index is 14.0. The van der Waals surface area contributed by atoms with Crippen LogP contribution < -0.4 is 10.1 Å². The normalized spacial score (nSPS) is 12.5. The number of nitrogens with one attached hydrogen (secondary N) is 1. The summed E-state index contributed by atoms with van der Waals surface area (Å²) in [6.45, 7) is 2.84. The Morgan fingerprint density at radius 3 is 2.81 bits per heavy atom. The molecule has 0 fully saturated rings. The highest BCUT2D eigenvalue weighted by molar-refractivity contribution is 7.98. The Kier molecular flexibility index (Phi) is 5.63. The summed E-state index contributed by atoms with van der Waals surface area (Å²) in [5, 5.41) is 3.28. The number of benzene rings is 1. The lowest BCUT2D eigenvalue weighted by Crippen LogP contribution is -2.24. The summed E-state index contributed by atoms with van der Waals surface area (Å²) in [4.78, 5) is 0. The van der Waals surface area contributed by atoms with E-state index in [1.54, 1.807) is 23.9 Å². The zero-order chi connectivity index (χ0) is 12.0. The summed E-state index contributed by atoms with van der Waals surface area (Å²) in [5.74, 6) is 0.893. The van der Waals surface area contributed by atoms with E-state index in [0.29, 0.717) is 11.3 Å². The second-order valence-electron chi connectivity index (χ2n) is 3.43. The molecule has 4 heteroatoms. The molecule has 0 bridgehead atoms. The third kappa shape index (κ3) is 3.12. The zero-order valence-corrected chi connectivity index (χ0v) is 10.7. The van der Waals surface area contributed by atoms with E-state index in [-0.39, 0.29) is 11.9 Å². The number of methoxy groups -OCH3 is 1. The van der Waals surface area contributed by atoms with Crippen molar-refractivity contribution in [3.8, 4) is 5.75 Å². The van der Waals surface area contributed by atoms with Gasteiger partial charge in [-0.15, -0.1) is 0 Å². The van der Waals surface area contributed by atoms with E-state index in [2.05, 4.69) is 5.32 Å². The molecule has 0 aliphatic heterocycles. The van der Waals surface area contributed by atoms with Gasteiger partial charge in [0.15, 0.2) is 11.6 Å². The first-order chi connectivity index (χ1) is 7.74. The van der Waals surface area contributed by atoms with Gasteiger partial charge in [-0.25, -0.2) is 4.39 Å². The van der Waals surface area contributed by atoms with Gasteiger partial charge in [-0.3, -0.25) is 0 Å². The van der Waals surface area contributed by atoms with Gasteiger partial charge in [-0.1, -0.05) is 19.1 Å². The van der Waals surface area contributed by atoms with Gasteiger partial charge >= 0.3 is 0 Å². The summed E-state index contributed by atoms with van der Waals surface area (Å²) in [5.41, 5.74) is 0.676. The van der Waals surface area contributed by atoms with Crippen LogP contribution in [0.2, 0.25) is 0 Å². The largest absolute Gasteiger partial charge is 0.494 e. The second kappa shape index (κ2) is 6.76. The molecule has 90 valence electrons. The van der Waals surface area contributed by atoms with Gasteiger partial charge in [0.05, 0.1) is 7.11 Å². The van der Waals surface area contributed by atoms with Crippen LogP contribution in [0.3, 0.4) is 0 Å². The summed E-state index contributed by atoms with van der Waals surface area (Å²) in [6, 6.07) is 5.31. The summed E-state index contributed by atoms with van der Waals surface area (Å²) in [6.07, 6.45) is 2.02. The standard InChI is InChI=1S/C12H18FNOS/c1-4-14-10(8-16-3)9-6-5-7-11(15-2)12(9)13/h5-7,10,14H,4,8H2,1-3H3. The van der Waals surface area contributed by atoms with Crippen molar-refractivity contribution in [2.75, 3.05) is 25.7 Å². The molecule has 0 saturated carbocycles. The highest BCUT2D eigenvalue weighted by Crippen LogP contribution is 2.26. The average Bonchev–Trinajstić information content (AvgIpc) is 2.29. The monoisotopic (exact) mass is 243 g/mol. The van der Waals surface area contributed by atoms with Gasteiger partial charge < -0.3 is 10.1 Å². The van der Waals surface area contributed by atoms with Crippen LogP contribution in [-0.4, -0.2) is 25.7 Å². The second-order valence-corrected chi connectivity index (χ2v) is 4.34. The quantitative estimate of drug-likeness (QED) is 0.830. The van der Waals surface area contributed by atoms with Crippen molar-refractivity contribution >= 4 is 11.8 Å². The van der Waals surface area contributed by atoms with Gasteiger partial charge in [-0.2, -0.15) is 11.8 Å². The number of thioether (sulfide) groups is 1. The number of ether oxygens (including phenoxy) is 1. The molecule has 0 amide bonds. The Hall–Kier alpha value is -0.740. The lowest BCUT2D eigenvalue weighted by atomic mass is 10.1. The Bertz CT molecular complexity index is 327. The number of halogens is 1. The summed E-state index contributed by atoms with van der Waals surface area (Å²) >= 11 is 1.70. The molecule has 16 heavy (non-hydrogen) atoms. The van der Waals surface area contributed by atoms with Crippen LogP contribution in [0.25, 0.3) is 0 Å². The first-order valence-electron chi connectivity index (χ1n) is 5.29. The maximum atomic E-state index is 14.0. The van der Waals surface area contributed by atoms with E-state index >= 15 is 0 Å². The predicted molar refractivity (Wildman–Crippen MR) is 67.8 cm³/mol. The molecule has 1 rings (SSSR count). The van der Waals surface area contributed by atoms with Crippen molar-refractivity contribution in [3.63, 3.8) is 0 Å². The van der Waals surface area contributed by atoms with Crippen LogP contribution in [0.5, 0.6) is 5.75 Å². The van der Waals surface area contributed by atoms with Gasteiger partial charge in [0, 0.05) is 17.4 Å². The number of hydrogen-bond donors (Lipinski definition) is 1. The third-order valence-electron chi connectivity index (χ3n) is 2.37. The van der Waals surface area contributed by atoms with Crippen LogP contribution in [0.1, 0.15) is 18.5 Å². The summed E-state index contributed by atoms with van der Waals surface area (Å²) in [7, 11) is 1.49. The summed E-state index contributed by atoms with van der Waals surface area (Å²) < 4.78 is 19.0. The molecule has 2 nitrogen and oxygen atoms in total. The SMILES string of the molecule is CCNC(CSC)c1cccc(OC)c1F. The molecule has 1 atom stereocenters. The number of hydrogen-bond acceptors (Lipinski definition) is 3. The molecular formula is C12H18FNOS. The highest BCUT2D eigenvalue weighted by Gasteiger charge is 2.16. The first kappa shape index (κ1) is 13.3. The topological polar surface area (TPSA) is 21.3 Å². The fraction of sp³-hybridized carbons (Fsp3) is 0.500. The van der Waals surface area contributed by atoms with E-state index < -0.39 is 0 Å². The van der Waals surface area contributed by atoms with Crippen molar-refractivity contribution < 1.29 is 9.13 Å². The van der Waals surface area contributed by atoms with Gasteiger partial charge in [0.1, 0.15) is 0 Å². The van der Waals surface area contributed by atoms with Gasteiger partial charge in [0.25, 0.3) is 0 Å². The first-order valence-corrected chi connectivity index (χ1v) is 6.68. The van der Waals surface area contributed by atoms with E-state index in [1.807, 2.05) is 19.2 Å². The highest BCUT2D eigenvalue weighted by atomic mass is 32.2. The Morgan fingerprint density at radius 1 is 1.50 bits per heavy atom.